The van der Waals surface area contributed by atoms with Crippen LogP contribution in [0.3, 0.4) is 0 Å². The minimum absolute atomic E-state index is 0.0993. The molecule has 3 rings (SSSR count). The number of carbonyl (C=O) groups is 1. The minimum Gasteiger partial charge on any atom is -0.367 e. The van der Waals surface area contributed by atoms with Crippen molar-refractivity contribution in [2.75, 3.05) is 17.7 Å². The molecule has 0 spiro atoms. The number of benzene rings is 1. The van der Waals surface area contributed by atoms with Gasteiger partial charge in [0.2, 0.25) is 0 Å². The molecule has 0 atom stereocenters. The fourth-order valence-electron chi connectivity index (χ4n) is 2.54. The number of aromatic nitrogens is 2. The maximum absolute atomic E-state index is 11.5. The molecular weight excluding hydrogens is 282 g/mol. The van der Waals surface area contributed by atoms with Crippen molar-refractivity contribution in [3.63, 3.8) is 0 Å². The molecule has 0 saturated carbocycles. The van der Waals surface area contributed by atoms with E-state index >= 15 is 0 Å². The summed E-state index contributed by atoms with van der Waals surface area (Å²) in [5, 5.41) is 0.834. The molecule has 0 fully saturated rings. The van der Waals surface area contributed by atoms with Crippen LogP contribution in [0.15, 0.2) is 35.6 Å². The molecule has 4 nitrogen and oxygen atoms in total. The second-order valence-electron chi connectivity index (χ2n) is 5.11. The summed E-state index contributed by atoms with van der Waals surface area (Å²) in [5.41, 5.74) is 4.16. The van der Waals surface area contributed by atoms with E-state index in [0.717, 1.165) is 41.6 Å². The zero-order chi connectivity index (χ0) is 14.8. The fraction of sp³-hybridized carbons (Fsp3) is 0.312. The molecule has 0 saturated heterocycles. The van der Waals surface area contributed by atoms with Crippen molar-refractivity contribution in [1.29, 1.82) is 0 Å². The monoisotopic (exact) mass is 299 g/mol. The second-order valence-corrected chi connectivity index (χ2v) is 5.88. The lowest BCUT2D eigenvalue weighted by Crippen LogP contribution is -2.31. The molecule has 21 heavy (non-hydrogen) atoms. The van der Waals surface area contributed by atoms with Crippen LogP contribution in [0, 0.1) is 0 Å². The Bertz CT molecular complexity index is 687. The van der Waals surface area contributed by atoms with Crippen molar-refractivity contribution in [1.82, 2.24) is 9.97 Å². The van der Waals surface area contributed by atoms with Crippen LogP contribution in [0.5, 0.6) is 0 Å². The molecule has 1 aliphatic rings. The number of hydrogen-bond acceptors (Lipinski definition) is 5. The van der Waals surface area contributed by atoms with Gasteiger partial charge in [0, 0.05) is 42.5 Å². The molecule has 0 radical (unpaired) electrons. The van der Waals surface area contributed by atoms with Crippen molar-refractivity contribution in [2.45, 2.75) is 25.0 Å². The summed E-state index contributed by atoms with van der Waals surface area (Å²) in [4.78, 5) is 22.7. The lowest BCUT2D eigenvalue weighted by Gasteiger charge is -2.30. The van der Waals surface area contributed by atoms with Crippen LogP contribution in [0.2, 0.25) is 0 Å². The van der Waals surface area contributed by atoms with E-state index in [4.69, 9.17) is 0 Å². The van der Waals surface area contributed by atoms with E-state index in [2.05, 4.69) is 20.9 Å². The van der Waals surface area contributed by atoms with E-state index in [0.29, 0.717) is 0 Å². The molecule has 2 aromatic rings. The number of anilines is 1. The molecule has 5 heteroatoms. The number of hydrogen-bond donors (Lipinski definition) is 0. The van der Waals surface area contributed by atoms with Gasteiger partial charge in [-0.2, -0.15) is 0 Å². The highest BCUT2D eigenvalue weighted by atomic mass is 32.2. The van der Waals surface area contributed by atoms with Crippen molar-refractivity contribution in [2.24, 2.45) is 0 Å². The number of fused-ring (bicyclic) bond motifs is 1. The molecule has 2 heterocycles. The molecule has 1 aromatic carbocycles. The quantitative estimate of drug-likeness (QED) is 0.495. The summed E-state index contributed by atoms with van der Waals surface area (Å²) < 4.78 is 0. The number of ketones is 1. The van der Waals surface area contributed by atoms with E-state index < -0.39 is 0 Å². The highest BCUT2D eigenvalue weighted by Gasteiger charge is 2.19. The average molecular weight is 299 g/mol. The van der Waals surface area contributed by atoms with Crippen LogP contribution >= 0.6 is 11.8 Å². The summed E-state index contributed by atoms with van der Waals surface area (Å²) in [6.45, 7) is 3.31. The van der Waals surface area contributed by atoms with E-state index in [9.17, 15) is 4.79 Å². The Labute approximate surface area is 128 Å². The molecule has 108 valence electrons. The van der Waals surface area contributed by atoms with Gasteiger partial charge in [-0.1, -0.05) is 23.9 Å². The summed E-state index contributed by atoms with van der Waals surface area (Å²) in [7, 11) is 0. The van der Waals surface area contributed by atoms with Crippen molar-refractivity contribution >= 4 is 23.2 Å². The van der Waals surface area contributed by atoms with Crippen LogP contribution in [0.4, 0.5) is 5.69 Å². The lowest BCUT2D eigenvalue weighted by molar-refractivity contribution is 0.101. The number of Topliss-reactive ketones (excluding diaryl/α,β-unsaturated/α-hetero) is 1. The Morgan fingerprint density at radius 2 is 2.24 bits per heavy atom. The van der Waals surface area contributed by atoms with Crippen LogP contribution in [-0.2, 0) is 13.0 Å². The molecule has 1 aromatic heterocycles. The molecule has 0 aliphatic carbocycles. The third-order valence-electron chi connectivity index (χ3n) is 3.71. The zero-order valence-electron chi connectivity index (χ0n) is 12.2. The number of nitrogens with zero attached hydrogens (tertiary/aromatic N) is 3. The van der Waals surface area contributed by atoms with Gasteiger partial charge < -0.3 is 4.90 Å². The Morgan fingerprint density at radius 3 is 3.00 bits per heavy atom. The Balaban J connectivity index is 1.86. The molecule has 1 aliphatic heterocycles. The summed E-state index contributed by atoms with van der Waals surface area (Å²) in [6, 6.07) is 7.81. The van der Waals surface area contributed by atoms with Crippen LogP contribution in [0.25, 0.3) is 0 Å². The van der Waals surface area contributed by atoms with Crippen LogP contribution < -0.4 is 4.90 Å². The zero-order valence-corrected chi connectivity index (χ0v) is 13.0. The predicted molar refractivity (Wildman–Crippen MR) is 85.0 cm³/mol. The van der Waals surface area contributed by atoms with E-state index in [1.165, 1.54) is 5.56 Å². The van der Waals surface area contributed by atoms with Gasteiger partial charge in [0.15, 0.2) is 10.9 Å². The largest absolute Gasteiger partial charge is 0.367 e. The van der Waals surface area contributed by atoms with Crippen molar-refractivity contribution < 1.29 is 4.79 Å². The maximum Gasteiger partial charge on any atom is 0.187 e. The highest BCUT2D eigenvalue weighted by molar-refractivity contribution is 7.98. The Hall–Kier alpha value is -1.88. The first kappa shape index (κ1) is 14.1. The first-order chi connectivity index (χ1) is 10.2. The maximum atomic E-state index is 11.5. The van der Waals surface area contributed by atoms with Crippen LogP contribution in [0.1, 0.15) is 28.5 Å². The van der Waals surface area contributed by atoms with Gasteiger partial charge in [0.05, 0.1) is 5.69 Å². The average Bonchev–Trinajstić information content (AvgIpc) is 2.54. The highest BCUT2D eigenvalue weighted by Crippen LogP contribution is 2.25. The molecular formula is C16H17N3OS. The summed E-state index contributed by atoms with van der Waals surface area (Å²) in [5.74, 6) is 0.0993. The third kappa shape index (κ3) is 2.93. The predicted octanol–water partition coefficient (Wildman–Crippen LogP) is 2.96. The SMILES string of the molecule is CSc1ncc2c(n1)CCN(c1cccc(C(C)=O)c1)C2. The van der Waals surface area contributed by atoms with Crippen LogP contribution in [-0.4, -0.2) is 28.6 Å². The Kier molecular flexibility index (Phi) is 3.92. The number of thioether (sulfide) groups is 1. The van der Waals surface area contributed by atoms with Gasteiger partial charge in [0.1, 0.15) is 0 Å². The Morgan fingerprint density at radius 1 is 1.38 bits per heavy atom. The minimum atomic E-state index is 0.0993. The number of rotatable bonds is 3. The van der Waals surface area contributed by atoms with E-state index in [-0.39, 0.29) is 5.78 Å². The van der Waals surface area contributed by atoms with Crippen molar-refractivity contribution in [3.8, 4) is 0 Å². The first-order valence-corrected chi connectivity index (χ1v) is 8.14. The smallest absolute Gasteiger partial charge is 0.187 e. The first-order valence-electron chi connectivity index (χ1n) is 6.92. The molecule has 0 bridgehead atoms. The van der Waals surface area contributed by atoms with Crippen molar-refractivity contribution in [3.05, 3.63) is 47.3 Å². The van der Waals surface area contributed by atoms with Gasteiger partial charge in [0.25, 0.3) is 0 Å². The molecule has 0 unspecified atom stereocenters. The van der Waals surface area contributed by atoms with Gasteiger partial charge in [-0.15, -0.1) is 0 Å². The molecule has 0 amide bonds. The normalized spacial score (nSPS) is 13.9. The van der Waals surface area contributed by atoms with Gasteiger partial charge in [-0.25, -0.2) is 9.97 Å². The third-order valence-corrected chi connectivity index (χ3v) is 4.27. The van der Waals surface area contributed by atoms with E-state index in [1.807, 2.05) is 30.7 Å². The summed E-state index contributed by atoms with van der Waals surface area (Å²) in [6.07, 6.45) is 4.83. The fourth-order valence-corrected chi connectivity index (χ4v) is 2.90. The van der Waals surface area contributed by atoms with Gasteiger partial charge in [-0.3, -0.25) is 4.79 Å². The lowest BCUT2D eigenvalue weighted by atomic mass is 10.1. The second kappa shape index (κ2) is 5.85. The van der Waals surface area contributed by atoms with Gasteiger partial charge >= 0.3 is 0 Å². The standard InChI is InChI=1S/C16H17N3OS/c1-11(20)12-4-3-5-14(8-12)19-7-6-15-13(10-19)9-17-16(18-15)21-2/h3-5,8-9H,6-7,10H2,1-2H3. The number of carbonyl (C=O) groups excluding carboxylic acids is 1. The topological polar surface area (TPSA) is 46.1 Å². The van der Waals surface area contributed by atoms with Gasteiger partial charge in [-0.05, 0) is 25.3 Å². The van der Waals surface area contributed by atoms with E-state index in [1.54, 1.807) is 18.7 Å². The summed E-state index contributed by atoms with van der Waals surface area (Å²) >= 11 is 1.57. The molecule has 0 N–H and O–H groups in total.